The standard InChI is InChI=1S/C16H21N7OS/c1-11-18-15(20-19-11)12-4-3-7-23(8-12)9-13-5-6-14(24-13)25-16-21-17-10-22(16)2/h5-6,10,12H,3-4,7-9H2,1-2H3,(H,18,19,20)/t12-/m0/s1. The molecule has 0 radical (unpaired) electrons. The normalized spacial score (nSPS) is 18.7. The van der Waals surface area contributed by atoms with Crippen molar-refractivity contribution in [3.8, 4) is 0 Å². The van der Waals surface area contributed by atoms with Gasteiger partial charge >= 0.3 is 0 Å². The fraction of sp³-hybridized carbons (Fsp3) is 0.500. The summed E-state index contributed by atoms with van der Waals surface area (Å²) in [5.74, 6) is 3.17. The largest absolute Gasteiger partial charge is 0.453 e. The molecule has 1 atom stereocenters. The van der Waals surface area contributed by atoms with Gasteiger partial charge in [-0.3, -0.25) is 10.00 Å². The predicted octanol–water partition coefficient (Wildman–Crippen LogP) is 2.37. The second-order valence-electron chi connectivity index (χ2n) is 6.40. The zero-order valence-corrected chi connectivity index (χ0v) is 15.2. The highest BCUT2D eigenvalue weighted by Gasteiger charge is 2.25. The van der Waals surface area contributed by atoms with E-state index in [1.165, 1.54) is 11.8 Å². The van der Waals surface area contributed by atoms with Crippen LogP contribution in [0.3, 0.4) is 0 Å². The first kappa shape index (κ1) is 16.3. The van der Waals surface area contributed by atoms with Crippen molar-refractivity contribution in [3.63, 3.8) is 0 Å². The average molecular weight is 359 g/mol. The third-order valence-corrected chi connectivity index (χ3v) is 5.34. The van der Waals surface area contributed by atoms with Crippen molar-refractivity contribution in [2.45, 2.75) is 42.5 Å². The molecule has 0 saturated carbocycles. The van der Waals surface area contributed by atoms with Crippen molar-refractivity contribution < 1.29 is 4.42 Å². The summed E-state index contributed by atoms with van der Waals surface area (Å²) in [5, 5.41) is 16.9. The zero-order chi connectivity index (χ0) is 17.2. The Labute approximate surface area is 150 Å². The van der Waals surface area contributed by atoms with Crippen LogP contribution < -0.4 is 0 Å². The van der Waals surface area contributed by atoms with Crippen LogP contribution in [0.2, 0.25) is 0 Å². The van der Waals surface area contributed by atoms with Gasteiger partial charge in [-0.05, 0) is 50.2 Å². The molecule has 0 unspecified atom stereocenters. The van der Waals surface area contributed by atoms with E-state index in [4.69, 9.17) is 4.42 Å². The summed E-state index contributed by atoms with van der Waals surface area (Å²) in [6, 6.07) is 4.04. The highest BCUT2D eigenvalue weighted by molar-refractivity contribution is 7.99. The summed E-state index contributed by atoms with van der Waals surface area (Å²) in [5.41, 5.74) is 0. The Bertz CT molecular complexity index is 839. The second kappa shape index (κ2) is 7.01. The Morgan fingerprint density at radius 2 is 2.32 bits per heavy atom. The smallest absolute Gasteiger partial charge is 0.198 e. The highest BCUT2D eigenvalue weighted by Crippen LogP contribution is 2.29. The Balaban J connectivity index is 1.38. The molecule has 3 aromatic heterocycles. The van der Waals surface area contributed by atoms with Crippen molar-refractivity contribution in [2.24, 2.45) is 7.05 Å². The monoisotopic (exact) mass is 359 g/mol. The highest BCUT2D eigenvalue weighted by atomic mass is 32.2. The van der Waals surface area contributed by atoms with E-state index in [0.29, 0.717) is 5.92 Å². The number of nitrogens with zero attached hydrogens (tertiary/aromatic N) is 6. The van der Waals surface area contributed by atoms with Crippen LogP contribution in [0.4, 0.5) is 0 Å². The van der Waals surface area contributed by atoms with Crippen LogP contribution in [0.25, 0.3) is 0 Å². The maximum atomic E-state index is 5.96. The summed E-state index contributed by atoms with van der Waals surface area (Å²) in [4.78, 5) is 6.91. The zero-order valence-electron chi connectivity index (χ0n) is 14.3. The number of piperidine rings is 1. The first-order valence-corrected chi connectivity index (χ1v) is 9.21. The van der Waals surface area contributed by atoms with Crippen LogP contribution in [0.15, 0.2) is 33.1 Å². The van der Waals surface area contributed by atoms with E-state index in [1.807, 2.05) is 30.7 Å². The molecule has 0 bridgehead atoms. The lowest BCUT2D eigenvalue weighted by molar-refractivity contribution is 0.180. The maximum absolute atomic E-state index is 5.96. The van der Waals surface area contributed by atoms with Gasteiger partial charge in [-0.1, -0.05) is 0 Å². The predicted molar refractivity (Wildman–Crippen MR) is 92.2 cm³/mol. The number of furan rings is 1. The number of likely N-dealkylation sites (tertiary alicyclic amines) is 1. The number of hydrogen-bond acceptors (Lipinski definition) is 7. The van der Waals surface area contributed by atoms with E-state index in [1.54, 1.807) is 6.33 Å². The molecular formula is C16H21N7OS. The van der Waals surface area contributed by atoms with Crippen LogP contribution in [0, 0.1) is 6.92 Å². The molecular weight excluding hydrogens is 338 g/mol. The van der Waals surface area contributed by atoms with Crippen molar-refractivity contribution in [1.29, 1.82) is 0 Å². The molecule has 0 amide bonds. The Morgan fingerprint density at radius 3 is 3.08 bits per heavy atom. The molecule has 4 heterocycles. The van der Waals surface area contributed by atoms with Gasteiger partial charge in [0, 0.05) is 19.5 Å². The van der Waals surface area contributed by atoms with Gasteiger partial charge in [0.05, 0.1) is 6.54 Å². The van der Waals surface area contributed by atoms with Gasteiger partial charge in [0.15, 0.2) is 16.1 Å². The van der Waals surface area contributed by atoms with Gasteiger partial charge in [0.2, 0.25) is 0 Å². The quantitative estimate of drug-likeness (QED) is 0.748. The number of H-pyrrole nitrogens is 1. The number of aromatic amines is 1. The van der Waals surface area contributed by atoms with Crippen LogP contribution in [-0.4, -0.2) is 47.9 Å². The first-order valence-electron chi connectivity index (χ1n) is 8.39. The molecule has 9 heteroatoms. The van der Waals surface area contributed by atoms with Crippen LogP contribution >= 0.6 is 11.8 Å². The van der Waals surface area contributed by atoms with Gasteiger partial charge in [0.25, 0.3) is 0 Å². The van der Waals surface area contributed by atoms with Gasteiger partial charge in [-0.15, -0.1) is 10.2 Å². The molecule has 1 aliphatic heterocycles. The van der Waals surface area contributed by atoms with E-state index < -0.39 is 0 Å². The van der Waals surface area contributed by atoms with E-state index in [0.717, 1.165) is 60.1 Å². The molecule has 8 nitrogen and oxygen atoms in total. The molecule has 1 saturated heterocycles. The molecule has 1 N–H and O–H groups in total. The van der Waals surface area contributed by atoms with Crippen molar-refractivity contribution in [3.05, 3.63) is 35.9 Å². The fourth-order valence-electron chi connectivity index (χ4n) is 3.13. The summed E-state index contributed by atoms with van der Waals surface area (Å²) in [7, 11) is 1.92. The third-order valence-electron chi connectivity index (χ3n) is 4.36. The molecule has 0 aliphatic carbocycles. The molecule has 132 valence electrons. The Morgan fingerprint density at radius 1 is 1.40 bits per heavy atom. The van der Waals surface area contributed by atoms with Gasteiger partial charge in [-0.25, -0.2) is 4.98 Å². The molecule has 0 spiro atoms. The van der Waals surface area contributed by atoms with Gasteiger partial charge in [-0.2, -0.15) is 5.10 Å². The molecule has 3 aromatic rings. The summed E-state index contributed by atoms with van der Waals surface area (Å²) in [6.07, 6.45) is 3.98. The lowest BCUT2D eigenvalue weighted by Gasteiger charge is -2.30. The Kier molecular flexibility index (Phi) is 4.58. The topological polar surface area (TPSA) is 88.7 Å². The molecule has 0 aromatic carbocycles. The van der Waals surface area contributed by atoms with E-state index in [-0.39, 0.29) is 0 Å². The summed E-state index contributed by atoms with van der Waals surface area (Å²) in [6.45, 7) is 4.78. The van der Waals surface area contributed by atoms with E-state index in [9.17, 15) is 0 Å². The third kappa shape index (κ3) is 3.77. The second-order valence-corrected chi connectivity index (χ2v) is 7.37. The van der Waals surface area contributed by atoms with Crippen molar-refractivity contribution in [2.75, 3.05) is 13.1 Å². The maximum Gasteiger partial charge on any atom is 0.198 e. The minimum Gasteiger partial charge on any atom is -0.453 e. The number of aromatic nitrogens is 6. The minimum absolute atomic E-state index is 0.390. The number of nitrogens with one attached hydrogen (secondary N) is 1. The van der Waals surface area contributed by atoms with Crippen LogP contribution in [-0.2, 0) is 13.6 Å². The minimum atomic E-state index is 0.390. The SMILES string of the molecule is Cc1nc([C@H]2CCCN(Cc3ccc(Sc4nncn4C)o3)C2)n[nH]1. The fourth-order valence-corrected chi connectivity index (χ4v) is 3.87. The number of aryl methyl sites for hydroxylation is 2. The average Bonchev–Trinajstić information content (AvgIpc) is 3.32. The molecule has 1 aliphatic rings. The molecule has 25 heavy (non-hydrogen) atoms. The van der Waals surface area contributed by atoms with Gasteiger partial charge in [0.1, 0.15) is 17.9 Å². The summed E-state index contributed by atoms with van der Waals surface area (Å²) >= 11 is 1.48. The van der Waals surface area contributed by atoms with Crippen LogP contribution in [0.1, 0.15) is 36.2 Å². The number of rotatable bonds is 5. The number of hydrogen-bond donors (Lipinski definition) is 1. The first-order chi connectivity index (χ1) is 12.2. The summed E-state index contributed by atoms with van der Waals surface area (Å²) < 4.78 is 7.84. The van der Waals surface area contributed by atoms with Crippen molar-refractivity contribution in [1.82, 2.24) is 34.8 Å². The molecule has 1 fully saturated rings. The lowest BCUT2D eigenvalue weighted by atomic mass is 9.97. The van der Waals surface area contributed by atoms with Gasteiger partial charge < -0.3 is 8.98 Å². The van der Waals surface area contributed by atoms with E-state index in [2.05, 4.69) is 30.3 Å². The van der Waals surface area contributed by atoms with Crippen LogP contribution in [0.5, 0.6) is 0 Å². The Hall–Kier alpha value is -2.13. The van der Waals surface area contributed by atoms with Crippen molar-refractivity contribution >= 4 is 11.8 Å². The van der Waals surface area contributed by atoms with E-state index >= 15 is 0 Å². The molecule has 4 rings (SSSR count). The lowest BCUT2D eigenvalue weighted by Crippen LogP contribution is -2.34.